The molecule has 1 unspecified atom stereocenters. The van der Waals surface area contributed by atoms with Crippen LogP contribution in [0.15, 0.2) is 0 Å². The molecule has 0 amide bonds. The van der Waals surface area contributed by atoms with E-state index in [4.69, 9.17) is 4.74 Å². The van der Waals surface area contributed by atoms with E-state index in [0.717, 1.165) is 19.3 Å². The van der Waals surface area contributed by atoms with Crippen LogP contribution in [0.3, 0.4) is 0 Å². The van der Waals surface area contributed by atoms with E-state index in [1.165, 1.54) is 13.8 Å². The summed E-state index contributed by atoms with van der Waals surface area (Å²) in [6.45, 7) is 7.90. The van der Waals surface area contributed by atoms with E-state index in [9.17, 15) is 35.9 Å². The van der Waals surface area contributed by atoms with Gasteiger partial charge in [-0.1, -0.05) is 20.8 Å². The molecule has 0 aromatic rings. The zero-order chi connectivity index (χ0) is 27.3. The molecule has 0 spiro atoms. The zero-order valence-corrected chi connectivity index (χ0v) is 21.7. The van der Waals surface area contributed by atoms with Gasteiger partial charge in [0.2, 0.25) is 0 Å². The van der Waals surface area contributed by atoms with Gasteiger partial charge >= 0.3 is 29.9 Å². The second-order valence-electron chi connectivity index (χ2n) is 12.5. The van der Waals surface area contributed by atoms with Crippen LogP contribution in [0.25, 0.3) is 0 Å². The van der Waals surface area contributed by atoms with Gasteiger partial charge in [0.25, 0.3) is 0 Å². The zero-order valence-electron chi connectivity index (χ0n) is 21.7. The number of rotatable bonds is 9. The normalized spacial score (nSPS) is 29.4. The summed E-state index contributed by atoms with van der Waals surface area (Å²) in [5.74, 6) is -2.30. The van der Waals surface area contributed by atoms with Crippen LogP contribution < -0.4 is 0 Å². The largest absolute Gasteiger partial charge is 0.462 e. The molecular weight excluding hydrogens is 490 g/mol. The van der Waals surface area contributed by atoms with Crippen molar-refractivity contribution in [1.29, 1.82) is 0 Å². The number of carbonyl (C=O) groups is 2. The lowest BCUT2D eigenvalue weighted by molar-refractivity contribution is -0.378. The molecular formula is C26H38F6O4. The number of ether oxygens (including phenoxy) is 2. The molecule has 4 nitrogen and oxygen atoms in total. The van der Waals surface area contributed by atoms with Crippen molar-refractivity contribution in [2.24, 2.45) is 34.5 Å². The SMILES string of the molecule is CCC(C)(C)C(=O)OC(CC(C)C)CC(OC(=O)C12CC3CC(CC(C3)C1)C2)(C(F)(F)F)C(F)(F)F. The van der Waals surface area contributed by atoms with Crippen molar-refractivity contribution >= 4 is 11.9 Å². The molecule has 4 fully saturated rings. The minimum absolute atomic E-state index is 0.126. The first-order chi connectivity index (χ1) is 16.3. The van der Waals surface area contributed by atoms with Crippen molar-refractivity contribution in [3.05, 3.63) is 0 Å². The van der Waals surface area contributed by atoms with Gasteiger partial charge in [0.15, 0.2) is 0 Å². The van der Waals surface area contributed by atoms with Crippen LogP contribution in [-0.4, -0.2) is 36.0 Å². The highest BCUT2D eigenvalue weighted by Crippen LogP contribution is 2.61. The predicted octanol–water partition coefficient (Wildman–Crippen LogP) is 7.39. The van der Waals surface area contributed by atoms with Crippen LogP contribution >= 0.6 is 0 Å². The molecule has 10 heteroatoms. The molecule has 0 saturated heterocycles. The number of esters is 2. The topological polar surface area (TPSA) is 52.6 Å². The van der Waals surface area contributed by atoms with Crippen molar-refractivity contribution in [2.45, 2.75) is 116 Å². The molecule has 4 saturated carbocycles. The number of carbonyl (C=O) groups excluding carboxylic acids is 2. The molecule has 4 aliphatic carbocycles. The number of hydrogen-bond acceptors (Lipinski definition) is 4. The average Bonchev–Trinajstić information content (AvgIpc) is 2.69. The van der Waals surface area contributed by atoms with Crippen molar-refractivity contribution in [3.63, 3.8) is 0 Å². The smallest absolute Gasteiger partial charge is 0.437 e. The maximum absolute atomic E-state index is 14.4. The predicted molar refractivity (Wildman–Crippen MR) is 120 cm³/mol. The minimum atomic E-state index is -5.95. The molecule has 36 heavy (non-hydrogen) atoms. The first kappa shape index (κ1) is 29.1. The van der Waals surface area contributed by atoms with Crippen LogP contribution in [0.1, 0.15) is 92.4 Å². The lowest BCUT2D eigenvalue weighted by atomic mass is 9.49. The van der Waals surface area contributed by atoms with Crippen LogP contribution in [0.5, 0.6) is 0 Å². The fourth-order valence-electron chi connectivity index (χ4n) is 6.65. The first-order valence-electron chi connectivity index (χ1n) is 12.9. The van der Waals surface area contributed by atoms with Crippen LogP contribution in [0, 0.1) is 34.5 Å². The number of halogens is 6. The Balaban J connectivity index is 1.96. The molecule has 0 radical (unpaired) electrons. The van der Waals surface area contributed by atoms with E-state index in [1.54, 1.807) is 20.8 Å². The van der Waals surface area contributed by atoms with Gasteiger partial charge in [0.05, 0.1) is 10.8 Å². The van der Waals surface area contributed by atoms with Gasteiger partial charge in [-0.25, -0.2) is 0 Å². The lowest BCUT2D eigenvalue weighted by Gasteiger charge is -2.55. The average molecular weight is 529 g/mol. The Morgan fingerprint density at radius 3 is 1.69 bits per heavy atom. The molecule has 4 aliphatic rings. The van der Waals surface area contributed by atoms with Crippen molar-refractivity contribution < 1.29 is 45.4 Å². The van der Waals surface area contributed by atoms with Crippen molar-refractivity contribution in [2.75, 3.05) is 0 Å². The molecule has 0 aliphatic heterocycles. The third kappa shape index (κ3) is 5.52. The third-order valence-corrected chi connectivity index (χ3v) is 8.61. The Morgan fingerprint density at radius 1 is 0.889 bits per heavy atom. The Hall–Kier alpha value is -1.48. The van der Waals surface area contributed by atoms with E-state index in [1.807, 2.05) is 0 Å². The Kier molecular flexibility index (Phi) is 7.82. The summed E-state index contributed by atoms with van der Waals surface area (Å²) in [5, 5.41) is 0. The Morgan fingerprint density at radius 2 is 1.33 bits per heavy atom. The van der Waals surface area contributed by atoms with Gasteiger partial charge in [-0.2, -0.15) is 26.3 Å². The fraction of sp³-hybridized carbons (Fsp3) is 0.923. The summed E-state index contributed by atoms with van der Waals surface area (Å²) in [4.78, 5) is 25.9. The summed E-state index contributed by atoms with van der Waals surface area (Å²) in [6, 6.07) is 0. The summed E-state index contributed by atoms with van der Waals surface area (Å²) >= 11 is 0. The molecule has 4 bridgehead atoms. The van der Waals surface area contributed by atoms with Crippen LogP contribution in [-0.2, 0) is 19.1 Å². The first-order valence-corrected chi connectivity index (χ1v) is 12.9. The summed E-state index contributed by atoms with van der Waals surface area (Å²) in [5.41, 5.74) is -7.17. The summed E-state index contributed by atoms with van der Waals surface area (Å²) in [6.07, 6.45) is -12.0. The Bertz CT molecular complexity index is 780. The van der Waals surface area contributed by atoms with Gasteiger partial charge in [-0.3, -0.25) is 9.59 Å². The van der Waals surface area contributed by atoms with E-state index in [-0.39, 0.29) is 55.8 Å². The number of alkyl halides is 6. The summed E-state index contributed by atoms with van der Waals surface area (Å²) in [7, 11) is 0. The van der Waals surface area contributed by atoms with E-state index in [0.29, 0.717) is 0 Å². The standard InChI is InChI=1S/C26H38F6O4/c1-6-22(4,5)20(33)35-19(7-15(2)3)14-24(25(27,28)29,26(30,31)32)36-21(34)23-11-16-8-17(12-23)10-18(9-16)13-23/h15-19H,6-14H2,1-5H3. The molecule has 0 heterocycles. The lowest BCUT2D eigenvalue weighted by Crippen LogP contribution is -2.63. The fourth-order valence-corrected chi connectivity index (χ4v) is 6.65. The maximum Gasteiger partial charge on any atom is 0.437 e. The van der Waals surface area contributed by atoms with Crippen LogP contribution in [0.4, 0.5) is 26.3 Å². The van der Waals surface area contributed by atoms with Crippen molar-refractivity contribution in [3.8, 4) is 0 Å². The molecule has 208 valence electrons. The highest BCUT2D eigenvalue weighted by atomic mass is 19.4. The second-order valence-corrected chi connectivity index (χ2v) is 12.5. The van der Waals surface area contributed by atoms with Crippen LogP contribution in [0.2, 0.25) is 0 Å². The van der Waals surface area contributed by atoms with E-state index >= 15 is 0 Å². The Labute approximate surface area is 208 Å². The van der Waals surface area contributed by atoms with E-state index in [2.05, 4.69) is 4.74 Å². The minimum Gasteiger partial charge on any atom is -0.462 e. The van der Waals surface area contributed by atoms with Gasteiger partial charge in [-0.05, 0) is 88.9 Å². The highest BCUT2D eigenvalue weighted by Gasteiger charge is 2.75. The summed E-state index contributed by atoms with van der Waals surface area (Å²) < 4.78 is 96.3. The number of hydrogen-bond donors (Lipinski definition) is 0. The maximum atomic E-state index is 14.4. The molecule has 0 aromatic carbocycles. The molecule has 4 rings (SSSR count). The second kappa shape index (κ2) is 9.68. The third-order valence-electron chi connectivity index (χ3n) is 8.61. The van der Waals surface area contributed by atoms with Gasteiger partial charge < -0.3 is 9.47 Å². The van der Waals surface area contributed by atoms with E-state index < -0.39 is 53.2 Å². The van der Waals surface area contributed by atoms with Gasteiger partial charge in [0, 0.05) is 6.42 Å². The van der Waals surface area contributed by atoms with Gasteiger partial charge in [0.1, 0.15) is 6.10 Å². The molecule has 1 atom stereocenters. The molecule has 0 N–H and O–H groups in total. The van der Waals surface area contributed by atoms with Crippen molar-refractivity contribution in [1.82, 2.24) is 0 Å². The van der Waals surface area contributed by atoms with Gasteiger partial charge in [-0.15, -0.1) is 0 Å². The quantitative estimate of drug-likeness (QED) is 0.231. The highest BCUT2D eigenvalue weighted by molar-refractivity contribution is 5.78. The monoisotopic (exact) mass is 528 g/mol. The molecule has 0 aromatic heterocycles.